The third-order valence-corrected chi connectivity index (χ3v) is 5.60. The van der Waals surface area contributed by atoms with Gasteiger partial charge in [-0.3, -0.25) is 4.79 Å². The lowest BCUT2D eigenvalue weighted by molar-refractivity contribution is -0.127. The average molecular weight is 416 g/mol. The van der Waals surface area contributed by atoms with E-state index < -0.39 is 0 Å². The fourth-order valence-corrected chi connectivity index (χ4v) is 3.84. The molecule has 6 nitrogen and oxygen atoms in total. The molecule has 162 valence electrons. The summed E-state index contributed by atoms with van der Waals surface area (Å²) in [5, 5.41) is 5.86. The maximum atomic E-state index is 13.7. The molecule has 2 atom stereocenters. The van der Waals surface area contributed by atoms with Crippen molar-refractivity contribution < 1.29 is 18.4 Å². The van der Waals surface area contributed by atoms with E-state index in [4.69, 9.17) is 4.42 Å². The number of amides is 3. The van der Waals surface area contributed by atoms with Crippen molar-refractivity contribution in [1.29, 1.82) is 0 Å². The molecular weight excluding hydrogens is 385 g/mol. The van der Waals surface area contributed by atoms with Gasteiger partial charge in [-0.15, -0.1) is 0 Å². The molecule has 2 aromatic rings. The zero-order valence-electron chi connectivity index (χ0n) is 17.6. The van der Waals surface area contributed by atoms with E-state index in [0.29, 0.717) is 43.8 Å². The topological polar surface area (TPSA) is 74.6 Å². The Morgan fingerprint density at radius 2 is 2.07 bits per heavy atom. The van der Waals surface area contributed by atoms with Crippen LogP contribution in [0.3, 0.4) is 0 Å². The van der Waals surface area contributed by atoms with Crippen molar-refractivity contribution in [3.63, 3.8) is 0 Å². The Balaban J connectivity index is 1.71. The van der Waals surface area contributed by atoms with Gasteiger partial charge in [0.05, 0.1) is 24.8 Å². The number of halogens is 1. The zero-order valence-corrected chi connectivity index (χ0v) is 17.6. The SMILES string of the molecule is CCCCNC(=O)N1CC(C(=O)NCc2ccco2)CCC1c1ccc(F)c(C)c1. The number of hydrogen-bond acceptors (Lipinski definition) is 3. The van der Waals surface area contributed by atoms with E-state index in [1.807, 2.05) is 6.07 Å². The highest BCUT2D eigenvalue weighted by atomic mass is 19.1. The van der Waals surface area contributed by atoms with E-state index in [9.17, 15) is 14.0 Å². The van der Waals surface area contributed by atoms with Gasteiger partial charge in [0.25, 0.3) is 0 Å². The molecule has 0 aliphatic carbocycles. The lowest BCUT2D eigenvalue weighted by atomic mass is 9.88. The third-order valence-electron chi connectivity index (χ3n) is 5.60. The second-order valence-corrected chi connectivity index (χ2v) is 7.83. The molecule has 2 heterocycles. The molecule has 3 rings (SSSR count). The summed E-state index contributed by atoms with van der Waals surface area (Å²) in [4.78, 5) is 27.3. The van der Waals surface area contributed by atoms with Crippen molar-refractivity contribution in [2.45, 2.75) is 52.1 Å². The average Bonchev–Trinajstić information content (AvgIpc) is 3.27. The maximum absolute atomic E-state index is 13.7. The van der Waals surface area contributed by atoms with Crippen LogP contribution >= 0.6 is 0 Å². The molecule has 0 bridgehead atoms. The number of urea groups is 1. The molecule has 3 amide bonds. The Bertz CT molecular complexity index is 853. The minimum absolute atomic E-state index is 0.0912. The van der Waals surface area contributed by atoms with Crippen molar-refractivity contribution >= 4 is 11.9 Å². The van der Waals surface area contributed by atoms with Gasteiger partial charge in [-0.05, 0) is 55.5 Å². The second kappa shape index (κ2) is 10.3. The monoisotopic (exact) mass is 415 g/mol. The highest BCUT2D eigenvalue weighted by Crippen LogP contribution is 2.34. The molecule has 2 N–H and O–H groups in total. The molecule has 2 unspecified atom stereocenters. The lowest BCUT2D eigenvalue weighted by Gasteiger charge is -2.39. The summed E-state index contributed by atoms with van der Waals surface area (Å²) in [6.45, 7) is 5.03. The summed E-state index contributed by atoms with van der Waals surface area (Å²) < 4.78 is 19.0. The smallest absolute Gasteiger partial charge is 0.317 e. The number of benzene rings is 1. The van der Waals surface area contributed by atoms with Crippen LogP contribution in [0.5, 0.6) is 0 Å². The van der Waals surface area contributed by atoms with Crippen molar-refractivity contribution in [2.75, 3.05) is 13.1 Å². The number of likely N-dealkylation sites (tertiary alicyclic amines) is 1. The molecule has 7 heteroatoms. The maximum Gasteiger partial charge on any atom is 0.317 e. The molecule has 1 aliphatic rings. The number of piperidine rings is 1. The third kappa shape index (κ3) is 5.40. The first-order valence-corrected chi connectivity index (χ1v) is 10.6. The van der Waals surface area contributed by atoms with Crippen LogP contribution in [0.15, 0.2) is 41.0 Å². The second-order valence-electron chi connectivity index (χ2n) is 7.83. The van der Waals surface area contributed by atoms with Crippen molar-refractivity contribution in [3.8, 4) is 0 Å². The summed E-state index contributed by atoms with van der Waals surface area (Å²) >= 11 is 0. The van der Waals surface area contributed by atoms with Gasteiger partial charge in [-0.2, -0.15) is 0 Å². The van der Waals surface area contributed by atoms with Gasteiger partial charge in [0.15, 0.2) is 0 Å². The minimum atomic E-state index is -0.297. The summed E-state index contributed by atoms with van der Waals surface area (Å²) in [5.74, 6) is 0.0397. The number of furan rings is 1. The number of carbonyl (C=O) groups excluding carboxylic acids is 2. The van der Waals surface area contributed by atoms with Gasteiger partial charge in [-0.25, -0.2) is 9.18 Å². The first kappa shape index (κ1) is 21.9. The van der Waals surface area contributed by atoms with Crippen LogP contribution in [-0.2, 0) is 11.3 Å². The van der Waals surface area contributed by atoms with E-state index in [1.54, 1.807) is 36.3 Å². The normalized spacial score (nSPS) is 18.8. The zero-order chi connectivity index (χ0) is 21.5. The summed E-state index contributed by atoms with van der Waals surface area (Å²) in [6, 6.07) is 8.20. The Labute approximate surface area is 176 Å². The standard InChI is InChI=1S/C23H30FN3O3/c1-3-4-11-25-23(29)27-15-18(22(28)26-14-19-6-5-12-30-19)8-10-21(27)17-7-9-20(24)16(2)13-17/h5-7,9,12-13,18,21H,3-4,8,10-11,14-15H2,1-2H3,(H,25,29)(H,26,28). The summed E-state index contributed by atoms with van der Waals surface area (Å²) in [7, 11) is 0. The predicted molar refractivity (Wildman–Crippen MR) is 112 cm³/mol. The van der Waals surface area contributed by atoms with Crippen molar-refractivity contribution in [1.82, 2.24) is 15.5 Å². The largest absolute Gasteiger partial charge is 0.467 e. The molecule has 1 aromatic carbocycles. The Morgan fingerprint density at radius 3 is 2.77 bits per heavy atom. The molecule has 0 spiro atoms. The number of unbranched alkanes of at least 4 members (excludes halogenated alkanes) is 1. The van der Waals surface area contributed by atoms with Gasteiger partial charge in [0.2, 0.25) is 5.91 Å². The van der Waals surface area contributed by atoms with Crippen LogP contribution in [0.4, 0.5) is 9.18 Å². The fourth-order valence-electron chi connectivity index (χ4n) is 3.84. The first-order chi connectivity index (χ1) is 14.5. The fraction of sp³-hybridized carbons (Fsp3) is 0.478. The van der Waals surface area contributed by atoms with Crippen LogP contribution in [0.2, 0.25) is 0 Å². The van der Waals surface area contributed by atoms with Gasteiger partial charge < -0.3 is 20.0 Å². The highest BCUT2D eigenvalue weighted by Gasteiger charge is 2.35. The van der Waals surface area contributed by atoms with Gasteiger partial charge in [-0.1, -0.05) is 25.5 Å². The summed E-state index contributed by atoms with van der Waals surface area (Å²) in [5.41, 5.74) is 1.45. The molecule has 1 fully saturated rings. The lowest BCUT2D eigenvalue weighted by Crippen LogP contribution is -2.50. The Morgan fingerprint density at radius 1 is 1.23 bits per heavy atom. The van der Waals surface area contributed by atoms with Crippen molar-refractivity contribution in [3.05, 3.63) is 59.3 Å². The number of rotatable bonds is 7. The summed E-state index contributed by atoms with van der Waals surface area (Å²) in [6.07, 6.45) is 4.75. The number of carbonyl (C=O) groups is 2. The van der Waals surface area contributed by atoms with Crippen LogP contribution in [-0.4, -0.2) is 29.9 Å². The molecule has 1 aromatic heterocycles. The van der Waals surface area contributed by atoms with E-state index >= 15 is 0 Å². The molecule has 1 saturated heterocycles. The minimum Gasteiger partial charge on any atom is -0.467 e. The number of aryl methyl sites for hydroxylation is 1. The molecule has 1 aliphatic heterocycles. The van der Waals surface area contributed by atoms with Gasteiger partial charge in [0, 0.05) is 13.1 Å². The first-order valence-electron chi connectivity index (χ1n) is 10.6. The van der Waals surface area contributed by atoms with Gasteiger partial charge in [0.1, 0.15) is 11.6 Å². The molecular formula is C23H30FN3O3. The number of hydrogen-bond donors (Lipinski definition) is 2. The molecule has 0 saturated carbocycles. The quantitative estimate of drug-likeness (QED) is 0.662. The molecule has 30 heavy (non-hydrogen) atoms. The van der Waals surface area contributed by atoms with E-state index in [-0.39, 0.29) is 29.7 Å². The Hall–Kier alpha value is -2.83. The van der Waals surface area contributed by atoms with Crippen LogP contribution in [0.25, 0.3) is 0 Å². The number of nitrogens with one attached hydrogen (secondary N) is 2. The van der Waals surface area contributed by atoms with Crippen LogP contribution in [0.1, 0.15) is 55.5 Å². The van der Waals surface area contributed by atoms with Crippen LogP contribution in [0, 0.1) is 18.7 Å². The predicted octanol–water partition coefficient (Wildman–Crippen LogP) is 4.31. The number of nitrogens with zero attached hydrogens (tertiary/aromatic N) is 1. The highest BCUT2D eigenvalue weighted by molar-refractivity contribution is 5.81. The van der Waals surface area contributed by atoms with E-state index in [2.05, 4.69) is 17.6 Å². The Kier molecular flexibility index (Phi) is 7.49. The van der Waals surface area contributed by atoms with Crippen molar-refractivity contribution in [2.24, 2.45) is 5.92 Å². The molecule has 0 radical (unpaired) electrons. The van der Waals surface area contributed by atoms with E-state index in [0.717, 1.165) is 18.4 Å². The van der Waals surface area contributed by atoms with Gasteiger partial charge >= 0.3 is 6.03 Å². The van der Waals surface area contributed by atoms with E-state index in [1.165, 1.54) is 6.07 Å². The van der Waals surface area contributed by atoms with Crippen LogP contribution < -0.4 is 10.6 Å².